The number of halogens is 1. The minimum atomic E-state index is -1.13. The third-order valence-corrected chi connectivity index (χ3v) is 3.04. The van der Waals surface area contributed by atoms with E-state index < -0.39 is 23.7 Å². The molecule has 0 aliphatic rings. The molecule has 0 spiro atoms. The lowest BCUT2D eigenvalue weighted by Gasteiger charge is -2.17. The molecular weight excluding hydrogens is 306 g/mol. The van der Waals surface area contributed by atoms with Gasteiger partial charge in [-0.2, -0.15) is 0 Å². The first-order valence-electron chi connectivity index (χ1n) is 5.31. The molecule has 7 heteroatoms. The maximum Gasteiger partial charge on any atom is 0.274 e. The summed E-state index contributed by atoms with van der Waals surface area (Å²) >= 11 is 3.15. The summed E-state index contributed by atoms with van der Waals surface area (Å²) in [5.41, 5.74) is 0.254. The normalized spacial score (nSPS) is 14.2. The van der Waals surface area contributed by atoms with E-state index >= 15 is 0 Å². The molecule has 0 radical (unpaired) electrons. The topological polar surface area (TPSA) is 104 Å². The van der Waals surface area contributed by atoms with Gasteiger partial charge in [0.1, 0.15) is 6.10 Å². The van der Waals surface area contributed by atoms with Crippen LogP contribution >= 0.6 is 15.9 Å². The second-order valence-corrected chi connectivity index (χ2v) is 4.59. The zero-order chi connectivity index (χ0) is 13.7. The monoisotopic (exact) mass is 319 g/mol. The standard InChI is InChI=1S/C11H14BrNO5/c12-4-3-10(15)11(16)7-1-2-9(13(17)18)8(5-7)6-14/h1-2,5,10-11,14-16H,3-4,6H2. The molecule has 0 saturated carbocycles. The third kappa shape index (κ3) is 3.49. The molecule has 0 amide bonds. The van der Waals surface area contributed by atoms with E-state index in [1.807, 2.05) is 0 Å². The van der Waals surface area contributed by atoms with E-state index in [2.05, 4.69) is 15.9 Å². The molecule has 1 aromatic rings. The molecule has 0 aliphatic heterocycles. The van der Waals surface area contributed by atoms with E-state index in [4.69, 9.17) is 5.11 Å². The van der Waals surface area contributed by atoms with Crippen molar-refractivity contribution in [2.24, 2.45) is 0 Å². The number of aliphatic hydroxyl groups excluding tert-OH is 3. The maximum atomic E-state index is 10.7. The van der Waals surface area contributed by atoms with Crippen molar-refractivity contribution in [3.8, 4) is 0 Å². The number of hydrogen-bond donors (Lipinski definition) is 3. The number of nitro groups is 1. The number of benzene rings is 1. The molecule has 0 bridgehead atoms. The summed E-state index contributed by atoms with van der Waals surface area (Å²) in [4.78, 5) is 10.1. The first-order chi connectivity index (χ1) is 8.51. The molecule has 3 N–H and O–H groups in total. The van der Waals surface area contributed by atoms with Crippen molar-refractivity contribution in [3.05, 3.63) is 39.4 Å². The van der Waals surface area contributed by atoms with Crippen LogP contribution < -0.4 is 0 Å². The first-order valence-corrected chi connectivity index (χ1v) is 6.43. The number of nitro benzene ring substituents is 1. The van der Waals surface area contributed by atoms with Crippen molar-refractivity contribution in [1.82, 2.24) is 0 Å². The Morgan fingerprint density at radius 1 is 1.39 bits per heavy atom. The number of alkyl halides is 1. The van der Waals surface area contributed by atoms with Crippen molar-refractivity contribution in [2.75, 3.05) is 5.33 Å². The smallest absolute Gasteiger partial charge is 0.274 e. The molecule has 0 aromatic heterocycles. The van der Waals surface area contributed by atoms with Crippen molar-refractivity contribution in [2.45, 2.75) is 25.2 Å². The van der Waals surface area contributed by atoms with Gasteiger partial charge in [0.15, 0.2) is 0 Å². The molecule has 2 unspecified atom stereocenters. The summed E-state index contributed by atoms with van der Waals surface area (Å²) in [6.07, 6.45) is -1.74. The zero-order valence-electron chi connectivity index (χ0n) is 9.49. The Morgan fingerprint density at radius 3 is 2.56 bits per heavy atom. The highest BCUT2D eigenvalue weighted by Crippen LogP contribution is 2.26. The Balaban J connectivity index is 3.01. The van der Waals surface area contributed by atoms with E-state index in [-0.39, 0.29) is 11.3 Å². The van der Waals surface area contributed by atoms with E-state index in [1.54, 1.807) is 0 Å². The van der Waals surface area contributed by atoms with Crippen molar-refractivity contribution in [1.29, 1.82) is 0 Å². The molecule has 0 heterocycles. The Labute approximate surface area is 112 Å². The van der Waals surface area contributed by atoms with E-state index in [9.17, 15) is 20.3 Å². The quantitative estimate of drug-likeness (QED) is 0.416. The van der Waals surface area contributed by atoms with Gasteiger partial charge in [-0.25, -0.2) is 0 Å². The zero-order valence-corrected chi connectivity index (χ0v) is 11.1. The van der Waals surface area contributed by atoms with Crippen LogP contribution in [0.25, 0.3) is 0 Å². The van der Waals surface area contributed by atoms with E-state index in [1.165, 1.54) is 18.2 Å². The molecule has 18 heavy (non-hydrogen) atoms. The predicted molar refractivity (Wildman–Crippen MR) is 68.4 cm³/mol. The highest BCUT2D eigenvalue weighted by molar-refractivity contribution is 9.09. The number of nitrogens with zero attached hydrogens (tertiary/aromatic N) is 1. The summed E-state index contributed by atoms with van der Waals surface area (Å²) in [7, 11) is 0. The van der Waals surface area contributed by atoms with Gasteiger partial charge in [-0.15, -0.1) is 0 Å². The maximum absolute atomic E-state index is 10.7. The van der Waals surface area contributed by atoms with Crippen LogP contribution in [0.2, 0.25) is 0 Å². The largest absolute Gasteiger partial charge is 0.391 e. The molecule has 0 saturated heterocycles. The van der Waals surface area contributed by atoms with Crippen LogP contribution in [0, 0.1) is 10.1 Å². The summed E-state index contributed by atoms with van der Waals surface area (Å²) in [6, 6.07) is 3.92. The van der Waals surface area contributed by atoms with Gasteiger partial charge in [0.2, 0.25) is 0 Å². The Hall–Kier alpha value is -1.02. The number of aliphatic hydroxyl groups is 3. The molecular formula is C11H14BrNO5. The van der Waals surface area contributed by atoms with Crippen LogP contribution in [0.4, 0.5) is 5.69 Å². The van der Waals surface area contributed by atoms with Gasteiger partial charge >= 0.3 is 0 Å². The first kappa shape index (κ1) is 15.0. The van der Waals surface area contributed by atoms with Crippen LogP contribution in [-0.4, -0.2) is 31.7 Å². The second-order valence-electron chi connectivity index (χ2n) is 3.79. The van der Waals surface area contributed by atoms with Gasteiger partial charge in [0, 0.05) is 11.4 Å². The van der Waals surface area contributed by atoms with Crippen LogP contribution in [0.15, 0.2) is 18.2 Å². The number of rotatable bonds is 6. The van der Waals surface area contributed by atoms with Crippen LogP contribution in [-0.2, 0) is 6.61 Å². The van der Waals surface area contributed by atoms with Gasteiger partial charge in [-0.05, 0) is 24.1 Å². The lowest BCUT2D eigenvalue weighted by Crippen LogP contribution is -2.18. The van der Waals surface area contributed by atoms with E-state index in [0.717, 1.165) is 0 Å². The Morgan fingerprint density at radius 2 is 2.06 bits per heavy atom. The molecule has 0 fully saturated rings. The highest BCUT2D eigenvalue weighted by Gasteiger charge is 2.21. The summed E-state index contributed by atoms with van der Waals surface area (Å²) in [5, 5.41) is 39.8. The van der Waals surface area contributed by atoms with Crippen molar-refractivity contribution in [3.63, 3.8) is 0 Å². The fourth-order valence-corrected chi connectivity index (χ4v) is 2.06. The van der Waals surface area contributed by atoms with Gasteiger partial charge < -0.3 is 15.3 Å². The highest BCUT2D eigenvalue weighted by atomic mass is 79.9. The van der Waals surface area contributed by atoms with E-state index in [0.29, 0.717) is 17.3 Å². The van der Waals surface area contributed by atoms with Crippen LogP contribution in [0.5, 0.6) is 0 Å². The second kappa shape index (κ2) is 6.79. The Kier molecular flexibility index (Phi) is 5.67. The fraction of sp³-hybridized carbons (Fsp3) is 0.455. The molecule has 1 rings (SSSR count). The average molecular weight is 320 g/mol. The molecule has 6 nitrogen and oxygen atoms in total. The fourth-order valence-electron chi connectivity index (χ4n) is 1.59. The van der Waals surface area contributed by atoms with Crippen molar-refractivity contribution < 1.29 is 20.2 Å². The molecule has 2 atom stereocenters. The third-order valence-electron chi connectivity index (χ3n) is 2.58. The molecule has 1 aromatic carbocycles. The predicted octanol–water partition coefficient (Wildman–Crippen LogP) is 1.27. The molecule has 0 aliphatic carbocycles. The van der Waals surface area contributed by atoms with Crippen molar-refractivity contribution >= 4 is 21.6 Å². The number of hydrogen-bond acceptors (Lipinski definition) is 5. The summed E-state index contributed by atoms with van der Waals surface area (Å²) in [5.74, 6) is 0. The lowest BCUT2D eigenvalue weighted by atomic mass is 10.00. The summed E-state index contributed by atoms with van der Waals surface area (Å²) < 4.78 is 0. The minimum absolute atomic E-state index is 0.114. The van der Waals surface area contributed by atoms with Gasteiger partial charge in [-0.3, -0.25) is 10.1 Å². The summed E-state index contributed by atoms with van der Waals surface area (Å²) in [6.45, 7) is -0.495. The van der Waals surface area contributed by atoms with Gasteiger partial charge in [0.05, 0.1) is 23.2 Å². The van der Waals surface area contributed by atoms with Gasteiger partial charge in [0.25, 0.3) is 5.69 Å². The molecule has 100 valence electrons. The minimum Gasteiger partial charge on any atom is -0.391 e. The van der Waals surface area contributed by atoms with Crippen LogP contribution in [0.3, 0.4) is 0 Å². The lowest BCUT2D eigenvalue weighted by molar-refractivity contribution is -0.385. The average Bonchev–Trinajstić information content (AvgIpc) is 2.37. The SMILES string of the molecule is O=[N+]([O-])c1ccc(C(O)C(O)CCBr)cc1CO. The Bertz CT molecular complexity index is 426. The van der Waals surface area contributed by atoms with Crippen LogP contribution in [0.1, 0.15) is 23.7 Å². The van der Waals surface area contributed by atoms with Gasteiger partial charge in [-0.1, -0.05) is 15.9 Å².